The third-order valence-electron chi connectivity index (χ3n) is 2.92. The smallest absolute Gasteiger partial charge is 0.191 e. The van der Waals surface area contributed by atoms with Gasteiger partial charge in [-0.05, 0) is 36.2 Å². The van der Waals surface area contributed by atoms with Crippen LogP contribution in [0.2, 0.25) is 0 Å². The van der Waals surface area contributed by atoms with Gasteiger partial charge in [-0.15, -0.1) is 24.0 Å². The lowest BCUT2D eigenvalue weighted by Crippen LogP contribution is -2.40. The van der Waals surface area contributed by atoms with Crippen molar-refractivity contribution in [3.63, 3.8) is 0 Å². The van der Waals surface area contributed by atoms with Crippen LogP contribution in [0, 0.1) is 0 Å². The van der Waals surface area contributed by atoms with E-state index in [1.54, 1.807) is 7.05 Å². The lowest BCUT2D eigenvalue weighted by atomic mass is 10.1. The summed E-state index contributed by atoms with van der Waals surface area (Å²) in [5.74, 6) is 0.836. The van der Waals surface area contributed by atoms with Gasteiger partial charge < -0.3 is 10.6 Å². The van der Waals surface area contributed by atoms with Crippen molar-refractivity contribution in [2.24, 2.45) is 4.99 Å². The van der Waals surface area contributed by atoms with Crippen molar-refractivity contribution in [2.75, 3.05) is 7.05 Å². The van der Waals surface area contributed by atoms with Crippen LogP contribution in [0.1, 0.15) is 19.4 Å². The number of benzene rings is 2. The van der Waals surface area contributed by atoms with Crippen molar-refractivity contribution in [2.45, 2.75) is 26.4 Å². The number of nitrogens with one attached hydrogen (secondary N) is 2. The molecule has 0 fully saturated rings. The summed E-state index contributed by atoms with van der Waals surface area (Å²) in [5, 5.41) is 9.14. The Morgan fingerprint density at radius 2 is 1.80 bits per heavy atom. The molecule has 0 spiro atoms. The Balaban J connectivity index is 0.00000200. The van der Waals surface area contributed by atoms with Gasteiger partial charge in [0.05, 0.1) is 0 Å². The second-order valence-electron chi connectivity index (χ2n) is 4.91. The average molecular weight is 383 g/mol. The first kappa shape index (κ1) is 16.8. The van der Waals surface area contributed by atoms with Crippen molar-refractivity contribution >= 4 is 40.7 Å². The highest BCUT2D eigenvalue weighted by atomic mass is 127. The van der Waals surface area contributed by atoms with Crippen molar-refractivity contribution in [3.8, 4) is 0 Å². The molecule has 0 bridgehead atoms. The van der Waals surface area contributed by atoms with E-state index in [1.165, 1.54) is 16.3 Å². The SMILES string of the molecule is CN=C(NCc1ccc2ccccc2c1)NC(C)C.I. The number of fused-ring (bicyclic) bond motifs is 1. The number of halogens is 1. The van der Waals surface area contributed by atoms with Crippen molar-refractivity contribution < 1.29 is 0 Å². The molecule has 3 nitrogen and oxygen atoms in total. The highest BCUT2D eigenvalue weighted by Gasteiger charge is 2.01. The first-order valence-corrected chi connectivity index (χ1v) is 6.64. The summed E-state index contributed by atoms with van der Waals surface area (Å²) < 4.78 is 0. The molecular weight excluding hydrogens is 361 g/mol. The number of rotatable bonds is 3. The quantitative estimate of drug-likeness (QED) is 0.483. The molecule has 2 N–H and O–H groups in total. The predicted molar refractivity (Wildman–Crippen MR) is 97.8 cm³/mol. The van der Waals surface area contributed by atoms with E-state index in [1.807, 2.05) is 0 Å². The van der Waals surface area contributed by atoms with Crippen LogP contribution < -0.4 is 10.6 Å². The summed E-state index contributed by atoms with van der Waals surface area (Å²) in [6, 6.07) is 15.3. The minimum atomic E-state index is 0. The van der Waals surface area contributed by atoms with Crippen molar-refractivity contribution in [3.05, 3.63) is 48.0 Å². The molecule has 20 heavy (non-hydrogen) atoms. The molecule has 0 aromatic heterocycles. The molecule has 108 valence electrons. The molecule has 0 aliphatic carbocycles. The number of hydrogen-bond donors (Lipinski definition) is 2. The van der Waals surface area contributed by atoms with Gasteiger partial charge in [0.1, 0.15) is 0 Å². The Labute approximate surface area is 137 Å². The topological polar surface area (TPSA) is 36.4 Å². The maximum absolute atomic E-state index is 4.20. The molecule has 0 aliphatic heterocycles. The van der Waals surface area contributed by atoms with E-state index in [9.17, 15) is 0 Å². The Bertz CT molecular complexity index is 579. The Morgan fingerprint density at radius 3 is 2.45 bits per heavy atom. The lowest BCUT2D eigenvalue weighted by Gasteiger charge is -2.14. The minimum Gasteiger partial charge on any atom is -0.354 e. The molecule has 0 atom stereocenters. The zero-order valence-corrected chi connectivity index (χ0v) is 14.5. The Morgan fingerprint density at radius 1 is 1.10 bits per heavy atom. The van der Waals surface area contributed by atoms with E-state index < -0.39 is 0 Å². The Kier molecular flexibility index (Phi) is 6.78. The number of guanidine groups is 1. The van der Waals surface area contributed by atoms with E-state index >= 15 is 0 Å². The van der Waals surface area contributed by atoms with Gasteiger partial charge in [-0.1, -0.05) is 36.4 Å². The summed E-state index contributed by atoms with van der Waals surface area (Å²) >= 11 is 0. The van der Waals surface area contributed by atoms with E-state index in [-0.39, 0.29) is 24.0 Å². The summed E-state index contributed by atoms with van der Waals surface area (Å²) in [6.07, 6.45) is 0. The standard InChI is InChI=1S/C16H21N3.HI/c1-12(2)19-16(17-3)18-11-13-8-9-14-6-4-5-7-15(14)10-13;/h4-10,12H,11H2,1-3H3,(H2,17,18,19);1H. The molecule has 0 saturated heterocycles. The molecule has 2 aromatic rings. The van der Waals surface area contributed by atoms with Crippen LogP contribution in [0.3, 0.4) is 0 Å². The van der Waals surface area contributed by atoms with Crippen LogP contribution in [0.5, 0.6) is 0 Å². The van der Waals surface area contributed by atoms with Gasteiger partial charge in [-0.25, -0.2) is 0 Å². The molecule has 0 saturated carbocycles. The van der Waals surface area contributed by atoms with Gasteiger partial charge in [-0.3, -0.25) is 4.99 Å². The van der Waals surface area contributed by atoms with E-state index in [4.69, 9.17) is 0 Å². The van der Waals surface area contributed by atoms with Gasteiger partial charge in [0, 0.05) is 19.6 Å². The monoisotopic (exact) mass is 383 g/mol. The van der Waals surface area contributed by atoms with Crippen LogP contribution in [0.4, 0.5) is 0 Å². The molecule has 0 aliphatic rings. The highest BCUT2D eigenvalue weighted by Crippen LogP contribution is 2.15. The maximum Gasteiger partial charge on any atom is 0.191 e. The van der Waals surface area contributed by atoms with Gasteiger partial charge in [0.25, 0.3) is 0 Å². The maximum atomic E-state index is 4.20. The van der Waals surface area contributed by atoms with Crippen LogP contribution in [0.25, 0.3) is 10.8 Å². The summed E-state index contributed by atoms with van der Waals surface area (Å²) in [5.41, 5.74) is 1.26. The average Bonchev–Trinajstić information content (AvgIpc) is 2.42. The fraction of sp³-hybridized carbons (Fsp3) is 0.312. The second kappa shape index (κ2) is 8.09. The minimum absolute atomic E-state index is 0. The lowest BCUT2D eigenvalue weighted by molar-refractivity contribution is 0.699. The summed E-state index contributed by atoms with van der Waals surface area (Å²) in [4.78, 5) is 4.20. The highest BCUT2D eigenvalue weighted by molar-refractivity contribution is 14.0. The molecule has 0 unspecified atom stereocenters. The van der Waals surface area contributed by atoms with E-state index in [0.29, 0.717) is 6.04 Å². The van der Waals surface area contributed by atoms with E-state index in [2.05, 4.69) is 71.9 Å². The number of nitrogens with zero attached hydrogens (tertiary/aromatic N) is 1. The predicted octanol–water partition coefficient (Wildman–Crippen LogP) is 3.53. The summed E-state index contributed by atoms with van der Waals surface area (Å²) in [6.45, 7) is 4.98. The number of aliphatic imine (C=N–C) groups is 1. The molecule has 0 heterocycles. The van der Waals surface area contributed by atoms with Crippen LogP contribution >= 0.6 is 24.0 Å². The molecule has 2 rings (SSSR count). The van der Waals surface area contributed by atoms with Crippen LogP contribution in [0.15, 0.2) is 47.5 Å². The fourth-order valence-electron chi connectivity index (χ4n) is 2.00. The third kappa shape index (κ3) is 4.67. The zero-order chi connectivity index (χ0) is 13.7. The van der Waals surface area contributed by atoms with Crippen molar-refractivity contribution in [1.82, 2.24) is 10.6 Å². The Hall–Kier alpha value is -1.30. The van der Waals surface area contributed by atoms with Gasteiger partial charge in [0.2, 0.25) is 0 Å². The molecular formula is C16H22IN3. The van der Waals surface area contributed by atoms with E-state index in [0.717, 1.165) is 12.5 Å². The first-order chi connectivity index (χ1) is 9.19. The second-order valence-corrected chi connectivity index (χ2v) is 4.91. The normalized spacial score (nSPS) is 11.3. The number of hydrogen-bond acceptors (Lipinski definition) is 1. The van der Waals surface area contributed by atoms with Gasteiger partial charge >= 0.3 is 0 Å². The van der Waals surface area contributed by atoms with Crippen LogP contribution in [-0.4, -0.2) is 19.0 Å². The van der Waals surface area contributed by atoms with Gasteiger partial charge in [0.15, 0.2) is 5.96 Å². The molecule has 4 heteroatoms. The molecule has 0 radical (unpaired) electrons. The largest absolute Gasteiger partial charge is 0.354 e. The molecule has 2 aromatic carbocycles. The first-order valence-electron chi connectivity index (χ1n) is 6.64. The van der Waals surface area contributed by atoms with Crippen LogP contribution in [-0.2, 0) is 6.54 Å². The van der Waals surface area contributed by atoms with Crippen molar-refractivity contribution in [1.29, 1.82) is 0 Å². The molecule has 0 amide bonds. The van der Waals surface area contributed by atoms with Gasteiger partial charge in [-0.2, -0.15) is 0 Å². The third-order valence-corrected chi connectivity index (χ3v) is 2.92. The summed E-state index contributed by atoms with van der Waals surface area (Å²) in [7, 11) is 1.79. The fourth-order valence-corrected chi connectivity index (χ4v) is 2.00. The zero-order valence-electron chi connectivity index (χ0n) is 12.2.